The van der Waals surface area contributed by atoms with Crippen molar-refractivity contribution in [2.45, 2.75) is 71.2 Å². The topological polar surface area (TPSA) is 27.7 Å². The molecule has 1 aromatic carbocycles. The highest BCUT2D eigenvalue weighted by Gasteiger charge is 2.50. The summed E-state index contributed by atoms with van der Waals surface area (Å²) < 4.78 is 17.2. The lowest BCUT2D eigenvalue weighted by Crippen LogP contribution is -2.52. The Hall–Kier alpha value is -0.900. The largest absolute Gasteiger partial charge is 0.330 e. The van der Waals surface area contributed by atoms with Gasteiger partial charge in [-0.15, -0.1) is 0 Å². The van der Waals surface area contributed by atoms with Crippen LogP contribution >= 0.6 is 0 Å². The van der Waals surface area contributed by atoms with Gasteiger partial charge in [0.05, 0.1) is 5.41 Å². The lowest BCUT2D eigenvalue weighted by atomic mass is 9.76. The van der Waals surface area contributed by atoms with Crippen LogP contribution in [0.3, 0.4) is 0 Å². The molecule has 0 heterocycles. The molecular formula is C21H36O3. The molecule has 0 saturated carbocycles. The van der Waals surface area contributed by atoms with E-state index in [-0.39, 0.29) is 5.41 Å². The van der Waals surface area contributed by atoms with E-state index in [9.17, 15) is 0 Å². The van der Waals surface area contributed by atoms with E-state index in [4.69, 9.17) is 14.2 Å². The molecule has 0 aliphatic heterocycles. The maximum absolute atomic E-state index is 5.72. The van der Waals surface area contributed by atoms with Crippen molar-refractivity contribution in [1.29, 1.82) is 0 Å². The average Bonchev–Trinajstić information content (AvgIpc) is 2.61. The van der Waals surface area contributed by atoms with Gasteiger partial charge in [-0.25, -0.2) is 0 Å². The predicted octanol–water partition coefficient (Wildman–Crippen LogP) is 5.58. The third kappa shape index (κ3) is 5.58. The molecule has 0 amide bonds. The number of ether oxygens (including phenoxy) is 3. The van der Waals surface area contributed by atoms with Crippen LogP contribution in [0.4, 0.5) is 0 Å². The van der Waals surface area contributed by atoms with Crippen LogP contribution in [0.25, 0.3) is 0 Å². The number of hydrogen-bond donors (Lipinski definition) is 0. The second-order valence-electron chi connectivity index (χ2n) is 6.91. The zero-order valence-electron chi connectivity index (χ0n) is 16.3. The highest BCUT2D eigenvalue weighted by atomic mass is 16.9. The summed E-state index contributed by atoms with van der Waals surface area (Å²) in [5.74, 6) is -1.02. The first kappa shape index (κ1) is 21.1. The van der Waals surface area contributed by atoms with Gasteiger partial charge < -0.3 is 14.2 Å². The molecule has 0 fully saturated rings. The maximum atomic E-state index is 5.72. The molecule has 1 atom stereocenters. The molecule has 0 saturated heterocycles. The molecule has 24 heavy (non-hydrogen) atoms. The van der Waals surface area contributed by atoms with E-state index in [2.05, 4.69) is 38.1 Å². The van der Waals surface area contributed by atoms with Crippen LogP contribution in [0, 0.1) is 5.41 Å². The summed E-state index contributed by atoms with van der Waals surface area (Å²) in [7, 11) is 4.99. The summed E-state index contributed by atoms with van der Waals surface area (Å²) in [5, 5.41) is 0. The summed E-state index contributed by atoms with van der Waals surface area (Å²) >= 11 is 0. The van der Waals surface area contributed by atoms with E-state index in [1.54, 1.807) is 21.3 Å². The second-order valence-corrected chi connectivity index (χ2v) is 6.91. The minimum atomic E-state index is -1.02. The highest BCUT2D eigenvalue weighted by molar-refractivity contribution is 5.17. The Balaban J connectivity index is 2.82. The van der Waals surface area contributed by atoms with E-state index in [0.29, 0.717) is 0 Å². The van der Waals surface area contributed by atoms with Crippen LogP contribution in [-0.4, -0.2) is 27.3 Å². The van der Waals surface area contributed by atoms with Gasteiger partial charge in [0.1, 0.15) is 0 Å². The fourth-order valence-electron chi connectivity index (χ4n) is 3.68. The molecule has 1 unspecified atom stereocenters. The van der Waals surface area contributed by atoms with Gasteiger partial charge in [-0.3, -0.25) is 0 Å². The third-order valence-electron chi connectivity index (χ3n) is 5.06. The summed E-state index contributed by atoms with van der Waals surface area (Å²) in [6, 6.07) is 10.5. The standard InChI is InChI=1S/C21H36O3/c1-6-7-8-9-10-14-17-20(2,21(22-3,23-4)24-5)18-19-15-12-11-13-16-19/h11-13,15-16H,6-10,14,17-18H2,1-5H3. The van der Waals surface area contributed by atoms with Crippen LogP contribution in [0.15, 0.2) is 30.3 Å². The minimum Gasteiger partial charge on any atom is -0.330 e. The van der Waals surface area contributed by atoms with Gasteiger partial charge >= 0.3 is 0 Å². The summed E-state index contributed by atoms with van der Waals surface area (Å²) in [4.78, 5) is 0. The van der Waals surface area contributed by atoms with E-state index in [0.717, 1.165) is 19.3 Å². The normalized spacial score (nSPS) is 14.5. The number of unbranched alkanes of at least 4 members (excludes halogenated alkanes) is 5. The Morgan fingerprint density at radius 2 is 1.33 bits per heavy atom. The number of benzene rings is 1. The zero-order chi connectivity index (χ0) is 17.9. The Kier molecular flexibility index (Phi) is 9.57. The molecule has 138 valence electrons. The Morgan fingerprint density at radius 1 is 0.792 bits per heavy atom. The van der Waals surface area contributed by atoms with Crippen LogP contribution < -0.4 is 0 Å². The SMILES string of the molecule is CCCCCCCCC(C)(Cc1ccccc1)C(OC)(OC)OC. The predicted molar refractivity (Wildman–Crippen MR) is 100 cm³/mol. The molecule has 0 radical (unpaired) electrons. The van der Waals surface area contributed by atoms with Crippen LogP contribution in [0.1, 0.15) is 64.4 Å². The Morgan fingerprint density at radius 3 is 1.88 bits per heavy atom. The van der Waals surface area contributed by atoms with E-state index in [1.165, 1.54) is 37.7 Å². The van der Waals surface area contributed by atoms with Crippen molar-refractivity contribution in [3.63, 3.8) is 0 Å². The van der Waals surface area contributed by atoms with Crippen LogP contribution in [-0.2, 0) is 20.6 Å². The molecule has 0 spiro atoms. The van der Waals surface area contributed by atoms with E-state index >= 15 is 0 Å². The smallest absolute Gasteiger partial charge is 0.288 e. The first-order valence-electron chi connectivity index (χ1n) is 9.27. The second kappa shape index (κ2) is 10.9. The minimum absolute atomic E-state index is 0.253. The number of methoxy groups -OCH3 is 3. The molecule has 1 aromatic rings. The van der Waals surface area contributed by atoms with Crippen molar-refractivity contribution >= 4 is 0 Å². The summed E-state index contributed by atoms with van der Waals surface area (Å²) in [6.45, 7) is 4.46. The number of rotatable bonds is 13. The fourth-order valence-corrected chi connectivity index (χ4v) is 3.68. The van der Waals surface area contributed by atoms with Gasteiger partial charge in [-0.05, 0) is 18.4 Å². The third-order valence-corrected chi connectivity index (χ3v) is 5.06. The Labute approximate surface area is 148 Å². The lowest BCUT2D eigenvalue weighted by molar-refractivity contribution is -0.405. The average molecular weight is 337 g/mol. The number of hydrogen-bond acceptors (Lipinski definition) is 3. The molecular weight excluding hydrogens is 300 g/mol. The molecule has 3 nitrogen and oxygen atoms in total. The lowest BCUT2D eigenvalue weighted by Gasteiger charge is -2.45. The first-order chi connectivity index (χ1) is 11.6. The maximum Gasteiger partial charge on any atom is 0.288 e. The van der Waals surface area contributed by atoms with Crippen molar-refractivity contribution in [3.8, 4) is 0 Å². The molecule has 0 bridgehead atoms. The van der Waals surface area contributed by atoms with Gasteiger partial charge in [-0.2, -0.15) is 0 Å². The van der Waals surface area contributed by atoms with Gasteiger partial charge in [0.25, 0.3) is 5.97 Å². The first-order valence-corrected chi connectivity index (χ1v) is 9.27. The van der Waals surface area contributed by atoms with Crippen molar-refractivity contribution in [2.24, 2.45) is 5.41 Å². The fraction of sp³-hybridized carbons (Fsp3) is 0.714. The van der Waals surface area contributed by atoms with Gasteiger partial charge in [0.2, 0.25) is 0 Å². The van der Waals surface area contributed by atoms with Gasteiger partial charge in [-0.1, -0.05) is 82.7 Å². The van der Waals surface area contributed by atoms with Crippen molar-refractivity contribution in [2.75, 3.05) is 21.3 Å². The summed E-state index contributed by atoms with van der Waals surface area (Å²) in [5.41, 5.74) is 1.03. The van der Waals surface area contributed by atoms with Gasteiger partial charge in [0.15, 0.2) is 0 Å². The molecule has 1 rings (SSSR count). The highest BCUT2D eigenvalue weighted by Crippen LogP contribution is 2.43. The molecule has 0 aliphatic rings. The van der Waals surface area contributed by atoms with Crippen molar-refractivity contribution in [3.05, 3.63) is 35.9 Å². The van der Waals surface area contributed by atoms with Gasteiger partial charge in [0, 0.05) is 21.3 Å². The van der Waals surface area contributed by atoms with E-state index in [1.807, 2.05) is 6.07 Å². The monoisotopic (exact) mass is 336 g/mol. The van der Waals surface area contributed by atoms with Crippen molar-refractivity contribution in [1.82, 2.24) is 0 Å². The Bertz CT molecular complexity index is 420. The van der Waals surface area contributed by atoms with Crippen LogP contribution in [0.5, 0.6) is 0 Å². The van der Waals surface area contributed by atoms with Crippen molar-refractivity contribution < 1.29 is 14.2 Å². The molecule has 0 aliphatic carbocycles. The van der Waals surface area contributed by atoms with Crippen LogP contribution in [0.2, 0.25) is 0 Å². The molecule has 3 heteroatoms. The van der Waals surface area contributed by atoms with E-state index < -0.39 is 5.97 Å². The summed E-state index contributed by atoms with van der Waals surface area (Å²) in [6.07, 6.45) is 9.51. The molecule has 0 N–H and O–H groups in total. The molecule has 0 aromatic heterocycles. The quantitative estimate of drug-likeness (QED) is 0.348. The zero-order valence-corrected chi connectivity index (χ0v) is 16.3.